The van der Waals surface area contributed by atoms with Gasteiger partial charge in [-0.3, -0.25) is 14.4 Å². The summed E-state index contributed by atoms with van der Waals surface area (Å²) in [5.41, 5.74) is 5.48. The van der Waals surface area contributed by atoms with Crippen molar-refractivity contribution in [2.24, 2.45) is 5.73 Å². The van der Waals surface area contributed by atoms with Crippen LogP contribution in [-0.2, 0) is 11.3 Å². The molecule has 2 amide bonds. The number of carbonyl (C=O) groups excluding carboxylic acids is 2. The molecule has 3 N–H and O–H groups in total. The molecular weight excluding hydrogens is 403 g/mol. The van der Waals surface area contributed by atoms with Crippen LogP contribution < -0.4 is 16.6 Å². The number of amides is 2. The molecule has 9 heteroatoms. The molecule has 1 atom stereocenters. The highest BCUT2D eigenvalue weighted by molar-refractivity contribution is 6.35. The molecule has 0 saturated carbocycles. The number of halogens is 2. The SMILES string of the molecule is CC(NC(=O)Cn1nc(C(N)=O)c2ccccc2c1=O)c1ccc(Cl)cc1Cl. The molecule has 0 saturated heterocycles. The van der Waals surface area contributed by atoms with Crippen molar-refractivity contribution < 1.29 is 9.59 Å². The Balaban J connectivity index is 1.88. The number of hydrogen-bond donors (Lipinski definition) is 2. The number of rotatable bonds is 5. The molecule has 0 aliphatic heterocycles. The Morgan fingerprint density at radius 2 is 1.86 bits per heavy atom. The molecule has 3 rings (SSSR count). The van der Waals surface area contributed by atoms with Gasteiger partial charge in [0.15, 0.2) is 5.69 Å². The minimum atomic E-state index is -0.785. The third kappa shape index (κ3) is 4.00. The minimum absolute atomic E-state index is 0.0724. The van der Waals surface area contributed by atoms with Crippen LogP contribution in [-0.4, -0.2) is 21.6 Å². The van der Waals surface area contributed by atoms with Crippen LogP contribution in [0.15, 0.2) is 47.3 Å². The standard InChI is InChI=1S/C19H16Cl2N4O3/c1-10(12-7-6-11(20)8-15(12)21)23-16(26)9-25-19(28)14-5-3-2-4-13(14)17(24-25)18(22)27/h2-8,10H,9H2,1H3,(H2,22,27)(H,23,26). The molecular formula is C19H16Cl2N4O3. The van der Waals surface area contributed by atoms with E-state index in [0.717, 1.165) is 4.68 Å². The predicted molar refractivity (Wildman–Crippen MR) is 108 cm³/mol. The van der Waals surface area contributed by atoms with E-state index in [2.05, 4.69) is 10.4 Å². The maximum absolute atomic E-state index is 12.6. The lowest BCUT2D eigenvalue weighted by molar-refractivity contribution is -0.122. The number of fused-ring (bicyclic) bond motifs is 1. The molecule has 7 nitrogen and oxygen atoms in total. The fraction of sp³-hybridized carbons (Fsp3) is 0.158. The van der Waals surface area contributed by atoms with E-state index in [0.29, 0.717) is 21.0 Å². The van der Waals surface area contributed by atoms with Gasteiger partial charge in [-0.1, -0.05) is 47.5 Å². The summed E-state index contributed by atoms with van der Waals surface area (Å²) in [6, 6.07) is 11.0. The van der Waals surface area contributed by atoms with Crippen LogP contribution in [0, 0.1) is 0 Å². The van der Waals surface area contributed by atoms with Crippen LogP contribution in [0.4, 0.5) is 0 Å². The summed E-state index contributed by atoms with van der Waals surface area (Å²) in [5, 5.41) is 8.22. The highest BCUT2D eigenvalue weighted by atomic mass is 35.5. The predicted octanol–water partition coefficient (Wildman–Crippen LogP) is 2.68. The number of nitrogens with two attached hydrogens (primary N) is 1. The molecule has 0 fully saturated rings. The van der Waals surface area contributed by atoms with E-state index in [-0.39, 0.29) is 17.6 Å². The molecule has 3 aromatic rings. The van der Waals surface area contributed by atoms with E-state index in [1.165, 1.54) is 0 Å². The van der Waals surface area contributed by atoms with Gasteiger partial charge in [0.25, 0.3) is 11.5 Å². The van der Waals surface area contributed by atoms with E-state index < -0.39 is 23.4 Å². The smallest absolute Gasteiger partial charge is 0.275 e. The molecule has 28 heavy (non-hydrogen) atoms. The number of benzene rings is 2. The first-order chi connectivity index (χ1) is 13.3. The van der Waals surface area contributed by atoms with Crippen molar-refractivity contribution in [1.82, 2.24) is 15.1 Å². The Kier molecular flexibility index (Phi) is 5.67. The largest absolute Gasteiger partial charge is 0.364 e. The molecule has 144 valence electrons. The average molecular weight is 419 g/mol. The van der Waals surface area contributed by atoms with Crippen LogP contribution in [0.1, 0.15) is 29.0 Å². The fourth-order valence-corrected chi connectivity index (χ4v) is 3.45. The third-order valence-electron chi connectivity index (χ3n) is 4.20. The van der Waals surface area contributed by atoms with E-state index in [1.54, 1.807) is 49.4 Å². The van der Waals surface area contributed by atoms with Crippen LogP contribution in [0.3, 0.4) is 0 Å². The van der Waals surface area contributed by atoms with Crippen molar-refractivity contribution in [2.45, 2.75) is 19.5 Å². The van der Waals surface area contributed by atoms with E-state index in [4.69, 9.17) is 28.9 Å². The third-order valence-corrected chi connectivity index (χ3v) is 4.76. The first-order valence-corrected chi connectivity index (χ1v) is 9.07. The first kappa shape index (κ1) is 19.9. The highest BCUT2D eigenvalue weighted by Crippen LogP contribution is 2.26. The molecule has 2 aromatic carbocycles. The Hall–Kier alpha value is -2.90. The number of hydrogen-bond acceptors (Lipinski definition) is 4. The van der Waals surface area contributed by atoms with Crippen molar-refractivity contribution in [1.29, 1.82) is 0 Å². The molecule has 0 spiro atoms. The van der Waals surface area contributed by atoms with Gasteiger partial charge in [0.2, 0.25) is 5.91 Å². The summed E-state index contributed by atoms with van der Waals surface area (Å²) in [4.78, 5) is 36.8. The van der Waals surface area contributed by atoms with Gasteiger partial charge in [-0.05, 0) is 30.7 Å². The highest BCUT2D eigenvalue weighted by Gasteiger charge is 2.18. The number of carbonyl (C=O) groups is 2. The zero-order valence-electron chi connectivity index (χ0n) is 14.8. The van der Waals surface area contributed by atoms with E-state index >= 15 is 0 Å². The summed E-state index contributed by atoms with van der Waals surface area (Å²) >= 11 is 12.0. The first-order valence-electron chi connectivity index (χ1n) is 8.32. The van der Waals surface area contributed by atoms with Crippen molar-refractivity contribution in [3.8, 4) is 0 Å². The lowest BCUT2D eigenvalue weighted by atomic mass is 10.1. The van der Waals surface area contributed by atoms with Gasteiger partial charge in [0.1, 0.15) is 6.54 Å². The van der Waals surface area contributed by atoms with Gasteiger partial charge in [-0.15, -0.1) is 0 Å². The second-order valence-corrected chi connectivity index (χ2v) is 7.02. The normalized spacial score (nSPS) is 12.0. The number of primary amides is 1. The maximum Gasteiger partial charge on any atom is 0.275 e. The Bertz CT molecular complexity index is 1140. The summed E-state index contributed by atoms with van der Waals surface area (Å²) in [6.07, 6.45) is 0. The van der Waals surface area contributed by atoms with Gasteiger partial charge in [0, 0.05) is 15.4 Å². The van der Waals surface area contributed by atoms with Crippen LogP contribution >= 0.6 is 23.2 Å². The van der Waals surface area contributed by atoms with Crippen LogP contribution in [0.2, 0.25) is 10.0 Å². The molecule has 1 unspecified atom stereocenters. The fourth-order valence-electron chi connectivity index (χ4n) is 2.88. The van der Waals surface area contributed by atoms with E-state index in [9.17, 15) is 14.4 Å². The van der Waals surface area contributed by atoms with Gasteiger partial charge in [0.05, 0.1) is 11.4 Å². The van der Waals surface area contributed by atoms with Gasteiger partial charge < -0.3 is 11.1 Å². The lowest BCUT2D eigenvalue weighted by Crippen LogP contribution is -2.36. The zero-order valence-corrected chi connectivity index (χ0v) is 16.3. The van der Waals surface area contributed by atoms with Gasteiger partial charge >= 0.3 is 0 Å². The summed E-state index contributed by atoms with van der Waals surface area (Å²) in [6.45, 7) is 1.37. The number of nitrogens with zero attached hydrogens (tertiary/aromatic N) is 2. The lowest BCUT2D eigenvalue weighted by Gasteiger charge is -2.16. The van der Waals surface area contributed by atoms with Crippen molar-refractivity contribution >= 4 is 45.8 Å². The topological polar surface area (TPSA) is 107 Å². The minimum Gasteiger partial charge on any atom is -0.364 e. The quantitative estimate of drug-likeness (QED) is 0.663. The molecule has 1 aromatic heterocycles. The summed E-state index contributed by atoms with van der Waals surface area (Å²) in [5.74, 6) is -1.26. The summed E-state index contributed by atoms with van der Waals surface area (Å²) in [7, 11) is 0. The molecule has 0 aliphatic carbocycles. The number of nitrogens with one attached hydrogen (secondary N) is 1. The second kappa shape index (κ2) is 8.00. The number of aromatic nitrogens is 2. The van der Waals surface area contributed by atoms with Gasteiger partial charge in [-0.25, -0.2) is 4.68 Å². The Labute approximate surface area is 170 Å². The molecule has 0 radical (unpaired) electrons. The van der Waals surface area contributed by atoms with Crippen molar-refractivity contribution in [2.75, 3.05) is 0 Å². The van der Waals surface area contributed by atoms with Crippen LogP contribution in [0.25, 0.3) is 10.8 Å². The monoisotopic (exact) mass is 418 g/mol. The van der Waals surface area contributed by atoms with Crippen LogP contribution in [0.5, 0.6) is 0 Å². The summed E-state index contributed by atoms with van der Waals surface area (Å²) < 4.78 is 0.925. The maximum atomic E-state index is 12.6. The molecule has 1 heterocycles. The molecule has 0 bridgehead atoms. The van der Waals surface area contributed by atoms with Crippen molar-refractivity contribution in [3.63, 3.8) is 0 Å². The van der Waals surface area contributed by atoms with E-state index in [1.807, 2.05) is 0 Å². The van der Waals surface area contributed by atoms with Crippen molar-refractivity contribution in [3.05, 3.63) is 74.1 Å². The zero-order chi connectivity index (χ0) is 20.4. The average Bonchev–Trinajstić information content (AvgIpc) is 2.63. The van der Waals surface area contributed by atoms with Gasteiger partial charge in [-0.2, -0.15) is 5.10 Å². The molecule has 0 aliphatic rings. The Morgan fingerprint density at radius 1 is 1.18 bits per heavy atom. The Morgan fingerprint density at radius 3 is 2.50 bits per heavy atom. The second-order valence-electron chi connectivity index (χ2n) is 6.18.